The lowest BCUT2D eigenvalue weighted by Crippen LogP contribution is -2.21. The Morgan fingerprint density at radius 2 is 2.08 bits per heavy atom. The minimum atomic E-state index is -0.314. The van der Waals surface area contributed by atoms with Gasteiger partial charge in [0.1, 0.15) is 5.78 Å². The first-order valence-corrected chi connectivity index (χ1v) is 4.52. The number of rotatable bonds is 4. The SMILES string of the molecule is O=C1CCC(OCCCF)CC1. The third-order valence-electron chi connectivity index (χ3n) is 2.12. The van der Waals surface area contributed by atoms with E-state index in [-0.39, 0.29) is 12.8 Å². The molecule has 0 heterocycles. The zero-order valence-electron chi connectivity index (χ0n) is 7.22. The molecular formula is C9H15FO2. The van der Waals surface area contributed by atoms with E-state index in [0.29, 0.717) is 31.7 Å². The van der Waals surface area contributed by atoms with Crippen molar-refractivity contribution >= 4 is 5.78 Å². The van der Waals surface area contributed by atoms with Crippen molar-refractivity contribution in [2.45, 2.75) is 38.2 Å². The molecule has 1 aliphatic carbocycles. The van der Waals surface area contributed by atoms with E-state index in [2.05, 4.69) is 0 Å². The number of ether oxygens (including phenoxy) is 1. The fourth-order valence-corrected chi connectivity index (χ4v) is 1.38. The molecule has 0 unspecified atom stereocenters. The van der Waals surface area contributed by atoms with Gasteiger partial charge >= 0.3 is 0 Å². The first-order valence-electron chi connectivity index (χ1n) is 4.52. The van der Waals surface area contributed by atoms with E-state index >= 15 is 0 Å². The highest BCUT2D eigenvalue weighted by Gasteiger charge is 2.18. The zero-order valence-corrected chi connectivity index (χ0v) is 7.22. The Hall–Kier alpha value is -0.440. The third kappa shape index (κ3) is 3.30. The molecule has 0 N–H and O–H groups in total. The van der Waals surface area contributed by atoms with Crippen LogP contribution < -0.4 is 0 Å². The molecule has 3 heteroatoms. The average molecular weight is 174 g/mol. The average Bonchev–Trinajstić information content (AvgIpc) is 2.09. The van der Waals surface area contributed by atoms with Gasteiger partial charge < -0.3 is 4.74 Å². The van der Waals surface area contributed by atoms with E-state index in [1.165, 1.54) is 0 Å². The minimum absolute atomic E-state index is 0.203. The molecule has 0 radical (unpaired) electrons. The summed E-state index contributed by atoms with van der Waals surface area (Å²) >= 11 is 0. The zero-order chi connectivity index (χ0) is 8.81. The Labute approximate surface area is 72.1 Å². The molecule has 0 amide bonds. The maximum absolute atomic E-state index is 11.7. The second-order valence-electron chi connectivity index (χ2n) is 3.15. The monoisotopic (exact) mass is 174 g/mol. The molecule has 12 heavy (non-hydrogen) atoms. The summed E-state index contributed by atoms with van der Waals surface area (Å²) in [4.78, 5) is 10.8. The number of alkyl halides is 1. The lowest BCUT2D eigenvalue weighted by Gasteiger charge is -2.20. The molecule has 0 aliphatic heterocycles. The Bertz CT molecular complexity index is 137. The van der Waals surface area contributed by atoms with Crippen LogP contribution in [0.15, 0.2) is 0 Å². The number of Topliss-reactive ketones (excluding diaryl/α,β-unsaturated/α-hetero) is 1. The molecule has 1 fully saturated rings. The van der Waals surface area contributed by atoms with Gasteiger partial charge in [-0.25, -0.2) is 0 Å². The predicted molar refractivity (Wildman–Crippen MR) is 43.8 cm³/mol. The van der Waals surface area contributed by atoms with E-state index < -0.39 is 0 Å². The lowest BCUT2D eigenvalue weighted by molar-refractivity contribution is -0.123. The predicted octanol–water partition coefficient (Wildman–Crippen LogP) is 1.87. The van der Waals surface area contributed by atoms with Gasteiger partial charge in [-0.3, -0.25) is 9.18 Å². The fourth-order valence-electron chi connectivity index (χ4n) is 1.38. The van der Waals surface area contributed by atoms with Gasteiger partial charge in [0.05, 0.1) is 12.8 Å². The van der Waals surface area contributed by atoms with E-state index in [1.54, 1.807) is 0 Å². The van der Waals surface area contributed by atoms with Gasteiger partial charge in [-0.2, -0.15) is 0 Å². The molecule has 0 aromatic heterocycles. The van der Waals surface area contributed by atoms with Crippen LogP contribution in [-0.2, 0) is 9.53 Å². The Balaban J connectivity index is 2.05. The molecule has 0 bridgehead atoms. The van der Waals surface area contributed by atoms with Crippen molar-refractivity contribution in [1.82, 2.24) is 0 Å². The summed E-state index contributed by atoms with van der Waals surface area (Å²) in [5.74, 6) is 0.334. The molecule has 1 rings (SSSR count). The molecule has 70 valence electrons. The van der Waals surface area contributed by atoms with E-state index in [9.17, 15) is 9.18 Å². The van der Waals surface area contributed by atoms with E-state index in [0.717, 1.165) is 12.8 Å². The molecule has 1 aliphatic rings. The highest BCUT2D eigenvalue weighted by molar-refractivity contribution is 5.79. The van der Waals surface area contributed by atoms with Crippen LogP contribution in [0.4, 0.5) is 4.39 Å². The van der Waals surface area contributed by atoms with Crippen LogP contribution in [0.5, 0.6) is 0 Å². The Kier molecular flexibility index (Phi) is 4.22. The van der Waals surface area contributed by atoms with Gasteiger partial charge in [0, 0.05) is 19.4 Å². The molecule has 0 aromatic carbocycles. The van der Waals surface area contributed by atoms with Crippen molar-refractivity contribution in [2.24, 2.45) is 0 Å². The molecule has 0 aromatic rings. The normalized spacial score (nSPS) is 19.9. The largest absolute Gasteiger partial charge is 0.378 e. The van der Waals surface area contributed by atoms with Crippen molar-refractivity contribution in [3.63, 3.8) is 0 Å². The van der Waals surface area contributed by atoms with Crippen molar-refractivity contribution in [3.8, 4) is 0 Å². The number of halogens is 1. The number of hydrogen-bond acceptors (Lipinski definition) is 2. The third-order valence-corrected chi connectivity index (χ3v) is 2.12. The highest BCUT2D eigenvalue weighted by atomic mass is 19.1. The van der Waals surface area contributed by atoms with Crippen LogP contribution in [0.2, 0.25) is 0 Å². The Morgan fingerprint density at radius 1 is 1.42 bits per heavy atom. The maximum Gasteiger partial charge on any atom is 0.133 e. The summed E-state index contributed by atoms with van der Waals surface area (Å²) in [7, 11) is 0. The molecule has 0 saturated heterocycles. The lowest BCUT2D eigenvalue weighted by atomic mass is 9.96. The first kappa shape index (κ1) is 9.65. The smallest absolute Gasteiger partial charge is 0.133 e. The number of hydrogen-bond donors (Lipinski definition) is 0. The minimum Gasteiger partial charge on any atom is -0.378 e. The summed E-state index contributed by atoms with van der Waals surface area (Å²) < 4.78 is 17.1. The van der Waals surface area contributed by atoms with Crippen LogP contribution in [0.25, 0.3) is 0 Å². The van der Waals surface area contributed by atoms with Crippen molar-refractivity contribution < 1.29 is 13.9 Å². The summed E-state index contributed by atoms with van der Waals surface area (Å²) in [5.41, 5.74) is 0. The summed E-state index contributed by atoms with van der Waals surface area (Å²) in [6, 6.07) is 0. The van der Waals surface area contributed by atoms with Crippen LogP contribution in [0, 0.1) is 0 Å². The van der Waals surface area contributed by atoms with Gasteiger partial charge in [-0.1, -0.05) is 0 Å². The molecule has 0 spiro atoms. The van der Waals surface area contributed by atoms with Gasteiger partial charge in [-0.05, 0) is 19.3 Å². The summed E-state index contributed by atoms with van der Waals surface area (Å²) in [6.45, 7) is 0.182. The van der Waals surface area contributed by atoms with E-state index in [1.807, 2.05) is 0 Å². The van der Waals surface area contributed by atoms with Crippen LogP contribution in [0.1, 0.15) is 32.1 Å². The van der Waals surface area contributed by atoms with Crippen LogP contribution >= 0.6 is 0 Å². The molecule has 2 nitrogen and oxygen atoms in total. The van der Waals surface area contributed by atoms with Gasteiger partial charge in [0.2, 0.25) is 0 Å². The second kappa shape index (κ2) is 5.25. The van der Waals surface area contributed by atoms with Gasteiger partial charge in [0.15, 0.2) is 0 Å². The van der Waals surface area contributed by atoms with Crippen molar-refractivity contribution in [3.05, 3.63) is 0 Å². The second-order valence-corrected chi connectivity index (χ2v) is 3.15. The van der Waals surface area contributed by atoms with Crippen molar-refractivity contribution in [2.75, 3.05) is 13.3 Å². The van der Waals surface area contributed by atoms with Crippen LogP contribution in [0.3, 0.4) is 0 Å². The Morgan fingerprint density at radius 3 is 2.67 bits per heavy atom. The van der Waals surface area contributed by atoms with Crippen LogP contribution in [-0.4, -0.2) is 25.2 Å². The fraction of sp³-hybridized carbons (Fsp3) is 0.889. The summed E-state index contributed by atoms with van der Waals surface area (Å²) in [5, 5.41) is 0. The number of carbonyl (C=O) groups is 1. The van der Waals surface area contributed by atoms with Crippen molar-refractivity contribution in [1.29, 1.82) is 0 Å². The highest BCUT2D eigenvalue weighted by Crippen LogP contribution is 2.17. The number of carbonyl (C=O) groups excluding carboxylic acids is 1. The summed E-state index contributed by atoms with van der Waals surface area (Å²) in [6.07, 6.45) is 3.61. The topological polar surface area (TPSA) is 26.3 Å². The van der Waals surface area contributed by atoms with E-state index in [4.69, 9.17) is 4.74 Å². The standard InChI is InChI=1S/C9H15FO2/c10-6-1-7-12-9-4-2-8(11)3-5-9/h9H,1-7H2. The first-order chi connectivity index (χ1) is 5.83. The maximum atomic E-state index is 11.7. The van der Waals surface area contributed by atoms with Gasteiger partial charge in [-0.15, -0.1) is 0 Å². The molecule has 1 saturated carbocycles. The number of ketones is 1. The quantitative estimate of drug-likeness (QED) is 0.608. The van der Waals surface area contributed by atoms with Gasteiger partial charge in [0.25, 0.3) is 0 Å². The molecule has 0 atom stereocenters. The molecular weight excluding hydrogens is 159 g/mol.